The Morgan fingerprint density at radius 2 is 1.94 bits per heavy atom. The molecule has 2 heteroatoms. The minimum Gasteiger partial charge on any atom is -0.312 e. The number of nitrogens with zero attached hydrogens (tertiary/aromatic N) is 1. The number of hydrogen-bond acceptors (Lipinski definition) is 2. The summed E-state index contributed by atoms with van der Waals surface area (Å²) in [4.78, 5) is 2.48. The average molecular weight is 226 g/mol. The van der Waals surface area contributed by atoms with Gasteiger partial charge in [0.2, 0.25) is 0 Å². The van der Waals surface area contributed by atoms with E-state index in [-0.39, 0.29) is 5.54 Å². The molecule has 96 valence electrons. The van der Waals surface area contributed by atoms with Gasteiger partial charge in [0.25, 0.3) is 0 Å². The number of nitrogens with one attached hydrogen (secondary N) is 1. The topological polar surface area (TPSA) is 15.3 Å². The summed E-state index contributed by atoms with van der Waals surface area (Å²) < 4.78 is 0. The van der Waals surface area contributed by atoms with E-state index in [0.29, 0.717) is 6.04 Å². The van der Waals surface area contributed by atoms with E-state index in [1.54, 1.807) is 0 Å². The first-order valence-corrected chi connectivity index (χ1v) is 6.39. The Labute approximate surface area is 102 Å². The minimum absolute atomic E-state index is 0.227. The van der Waals surface area contributed by atoms with Crippen LogP contribution in [0.15, 0.2) is 12.2 Å². The van der Waals surface area contributed by atoms with Gasteiger partial charge in [-0.3, -0.25) is 4.90 Å². The molecular formula is C14H30N2. The van der Waals surface area contributed by atoms with Crippen LogP contribution in [0.1, 0.15) is 48.0 Å². The maximum atomic E-state index is 3.99. The van der Waals surface area contributed by atoms with E-state index in [1.165, 1.54) is 12.0 Å². The van der Waals surface area contributed by atoms with Crippen molar-refractivity contribution >= 4 is 0 Å². The second-order valence-corrected chi connectivity index (χ2v) is 5.83. The molecule has 1 N–H and O–H groups in total. The van der Waals surface area contributed by atoms with Gasteiger partial charge < -0.3 is 5.32 Å². The average Bonchev–Trinajstić information content (AvgIpc) is 2.11. The standard InChI is InChI=1S/C14H30N2/c1-8-16(11-12(2)3)13(4)9-10-15-14(5,6)7/h13,15H,2,8-11H2,1,3-7H3. The Hall–Kier alpha value is -0.340. The molecule has 0 aliphatic rings. The molecule has 0 amide bonds. The van der Waals surface area contributed by atoms with Crippen LogP contribution in [0.3, 0.4) is 0 Å². The lowest BCUT2D eigenvalue weighted by Crippen LogP contribution is -2.41. The van der Waals surface area contributed by atoms with Crippen LogP contribution >= 0.6 is 0 Å². The van der Waals surface area contributed by atoms with Gasteiger partial charge >= 0.3 is 0 Å². The highest BCUT2D eigenvalue weighted by atomic mass is 15.1. The first-order valence-electron chi connectivity index (χ1n) is 6.39. The molecule has 0 aromatic rings. The maximum Gasteiger partial charge on any atom is 0.0190 e. The summed E-state index contributed by atoms with van der Waals surface area (Å²) in [5.74, 6) is 0. The molecule has 2 nitrogen and oxygen atoms in total. The molecule has 0 aliphatic heterocycles. The fourth-order valence-corrected chi connectivity index (χ4v) is 1.76. The normalized spacial score (nSPS) is 14.2. The van der Waals surface area contributed by atoms with Crippen molar-refractivity contribution < 1.29 is 0 Å². The smallest absolute Gasteiger partial charge is 0.0190 e. The van der Waals surface area contributed by atoms with Crippen molar-refractivity contribution in [3.63, 3.8) is 0 Å². The molecule has 16 heavy (non-hydrogen) atoms. The minimum atomic E-state index is 0.227. The molecule has 0 fully saturated rings. The van der Waals surface area contributed by atoms with Gasteiger partial charge in [0, 0.05) is 18.1 Å². The molecule has 0 aliphatic carbocycles. The Kier molecular flexibility index (Phi) is 6.93. The molecule has 0 radical (unpaired) electrons. The van der Waals surface area contributed by atoms with Gasteiger partial charge in [0.1, 0.15) is 0 Å². The predicted octanol–water partition coefficient (Wildman–Crippen LogP) is 3.05. The third-order valence-electron chi connectivity index (χ3n) is 2.72. The lowest BCUT2D eigenvalue weighted by molar-refractivity contribution is 0.222. The molecule has 1 atom stereocenters. The Bertz CT molecular complexity index is 203. The van der Waals surface area contributed by atoms with Crippen LogP contribution < -0.4 is 5.32 Å². The van der Waals surface area contributed by atoms with E-state index in [2.05, 4.69) is 58.3 Å². The van der Waals surface area contributed by atoms with Crippen LogP contribution in [0.25, 0.3) is 0 Å². The summed E-state index contributed by atoms with van der Waals surface area (Å²) in [6.45, 7) is 20.4. The number of rotatable bonds is 7. The first kappa shape index (κ1) is 15.7. The summed E-state index contributed by atoms with van der Waals surface area (Å²) in [6, 6.07) is 0.622. The SMILES string of the molecule is C=C(C)CN(CC)C(C)CCNC(C)(C)C. The van der Waals surface area contributed by atoms with Gasteiger partial charge in [0.05, 0.1) is 0 Å². The van der Waals surface area contributed by atoms with Crippen LogP contribution in [0, 0.1) is 0 Å². The van der Waals surface area contributed by atoms with Crippen LogP contribution in [0.2, 0.25) is 0 Å². The zero-order valence-corrected chi connectivity index (χ0v) is 12.1. The maximum absolute atomic E-state index is 3.99. The zero-order valence-electron chi connectivity index (χ0n) is 12.1. The third-order valence-corrected chi connectivity index (χ3v) is 2.72. The fraction of sp³-hybridized carbons (Fsp3) is 0.857. The van der Waals surface area contributed by atoms with Gasteiger partial charge in [-0.2, -0.15) is 0 Å². The summed E-state index contributed by atoms with van der Waals surface area (Å²) in [6.07, 6.45) is 1.19. The van der Waals surface area contributed by atoms with Crippen molar-refractivity contribution in [1.29, 1.82) is 0 Å². The number of hydrogen-bond donors (Lipinski definition) is 1. The van der Waals surface area contributed by atoms with Crippen molar-refractivity contribution in [2.24, 2.45) is 0 Å². The van der Waals surface area contributed by atoms with Gasteiger partial charge in [-0.15, -0.1) is 0 Å². The van der Waals surface area contributed by atoms with Crippen LogP contribution in [-0.2, 0) is 0 Å². The highest BCUT2D eigenvalue weighted by Gasteiger charge is 2.13. The quantitative estimate of drug-likeness (QED) is 0.671. The second kappa shape index (κ2) is 7.08. The van der Waals surface area contributed by atoms with Crippen molar-refractivity contribution in [3.8, 4) is 0 Å². The first-order chi connectivity index (χ1) is 7.26. The van der Waals surface area contributed by atoms with Crippen molar-refractivity contribution in [2.45, 2.75) is 59.5 Å². The van der Waals surface area contributed by atoms with E-state index in [4.69, 9.17) is 0 Å². The molecule has 0 bridgehead atoms. The molecule has 0 aromatic heterocycles. The van der Waals surface area contributed by atoms with E-state index in [1.807, 2.05) is 0 Å². The van der Waals surface area contributed by atoms with Crippen molar-refractivity contribution in [2.75, 3.05) is 19.6 Å². The van der Waals surface area contributed by atoms with Crippen molar-refractivity contribution in [3.05, 3.63) is 12.2 Å². The molecule has 0 spiro atoms. The molecule has 1 unspecified atom stereocenters. The Balaban J connectivity index is 3.93. The summed E-state index contributed by atoms with van der Waals surface area (Å²) >= 11 is 0. The highest BCUT2D eigenvalue weighted by Crippen LogP contribution is 2.07. The monoisotopic (exact) mass is 226 g/mol. The van der Waals surface area contributed by atoms with E-state index in [9.17, 15) is 0 Å². The second-order valence-electron chi connectivity index (χ2n) is 5.83. The molecule has 0 rings (SSSR count). The summed E-state index contributed by atoms with van der Waals surface area (Å²) in [7, 11) is 0. The Morgan fingerprint density at radius 1 is 1.38 bits per heavy atom. The zero-order chi connectivity index (χ0) is 12.8. The van der Waals surface area contributed by atoms with Crippen LogP contribution in [0.4, 0.5) is 0 Å². The molecule has 0 saturated heterocycles. The van der Waals surface area contributed by atoms with E-state index < -0.39 is 0 Å². The molecule has 0 aromatic carbocycles. The van der Waals surface area contributed by atoms with E-state index >= 15 is 0 Å². The fourth-order valence-electron chi connectivity index (χ4n) is 1.76. The van der Waals surface area contributed by atoms with Gasteiger partial charge in [-0.05, 0) is 54.1 Å². The van der Waals surface area contributed by atoms with Gasteiger partial charge in [0.15, 0.2) is 0 Å². The Morgan fingerprint density at radius 3 is 2.31 bits per heavy atom. The van der Waals surface area contributed by atoms with Gasteiger partial charge in [-0.1, -0.05) is 19.1 Å². The molecule has 0 saturated carbocycles. The third kappa shape index (κ3) is 7.89. The molecule has 0 heterocycles. The van der Waals surface area contributed by atoms with Gasteiger partial charge in [-0.25, -0.2) is 0 Å². The number of likely N-dealkylation sites (N-methyl/N-ethyl adjacent to an activating group) is 1. The van der Waals surface area contributed by atoms with Crippen LogP contribution in [0.5, 0.6) is 0 Å². The predicted molar refractivity (Wildman–Crippen MR) is 73.9 cm³/mol. The molecular weight excluding hydrogens is 196 g/mol. The lowest BCUT2D eigenvalue weighted by atomic mass is 10.1. The lowest BCUT2D eigenvalue weighted by Gasteiger charge is -2.29. The largest absolute Gasteiger partial charge is 0.312 e. The van der Waals surface area contributed by atoms with E-state index in [0.717, 1.165) is 19.6 Å². The van der Waals surface area contributed by atoms with Crippen molar-refractivity contribution in [1.82, 2.24) is 10.2 Å². The summed E-state index contributed by atoms with van der Waals surface area (Å²) in [5, 5.41) is 3.54. The highest BCUT2D eigenvalue weighted by molar-refractivity contribution is 4.92. The van der Waals surface area contributed by atoms with Crippen LogP contribution in [-0.4, -0.2) is 36.1 Å². The summed E-state index contributed by atoms with van der Waals surface area (Å²) in [5.41, 5.74) is 1.47.